The zero-order valence-corrected chi connectivity index (χ0v) is 13.5. The Morgan fingerprint density at radius 3 is 2.86 bits per heavy atom. The maximum Gasteiger partial charge on any atom is 0.0785 e. The van der Waals surface area contributed by atoms with E-state index >= 15 is 0 Å². The van der Waals surface area contributed by atoms with E-state index in [-0.39, 0.29) is 0 Å². The van der Waals surface area contributed by atoms with Crippen LogP contribution in [0, 0.1) is 0 Å². The lowest BCUT2D eigenvalue weighted by Crippen LogP contribution is -2.32. The zero-order chi connectivity index (χ0) is 15.2. The monoisotopic (exact) mass is 315 g/mol. The van der Waals surface area contributed by atoms with E-state index in [0.717, 1.165) is 25.9 Å². The SMILES string of the molecule is Clc1cnn(CCCCC2CC(c3ccccc3)=CCN2)c1. The van der Waals surface area contributed by atoms with Crippen LogP contribution in [-0.4, -0.2) is 22.4 Å². The summed E-state index contributed by atoms with van der Waals surface area (Å²) in [5.74, 6) is 0. The first-order chi connectivity index (χ1) is 10.8. The molecule has 4 heteroatoms. The van der Waals surface area contributed by atoms with Crippen molar-refractivity contribution in [3.8, 4) is 0 Å². The minimum atomic E-state index is 0.585. The Bertz CT molecular complexity index is 618. The Morgan fingerprint density at radius 1 is 1.23 bits per heavy atom. The van der Waals surface area contributed by atoms with Gasteiger partial charge in [-0.3, -0.25) is 4.68 Å². The molecule has 0 radical (unpaired) electrons. The molecule has 1 unspecified atom stereocenters. The molecule has 0 aliphatic carbocycles. The summed E-state index contributed by atoms with van der Waals surface area (Å²) in [7, 11) is 0. The molecule has 1 aliphatic rings. The van der Waals surface area contributed by atoms with Crippen molar-refractivity contribution in [3.05, 3.63) is 59.4 Å². The van der Waals surface area contributed by atoms with Crippen molar-refractivity contribution in [1.82, 2.24) is 15.1 Å². The predicted molar refractivity (Wildman–Crippen MR) is 91.9 cm³/mol. The summed E-state index contributed by atoms with van der Waals surface area (Å²) in [4.78, 5) is 0. The Hall–Kier alpha value is -1.58. The fraction of sp³-hybridized carbons (Fsp3) is 0.389. The second-order valence-corrected chi connectivity index (χ2v) is 6.26. The van der Waals surface area contributed by atoms with Crippen molar-refractivity contribution in [2.24, 2.45) is 0 Å². The summed E-state index contributed by atoms with van der Waals surface area (Å²) in [6, 6.07) is 11.3. The number of nitrogens with one attached hydrogen (secondary N) is 1. The molecule has 0 saturated heterocycles. The molecule has 0 saturated carbocycles. The van der Waals surface area contributed by atoms with Gasteiger partial charge in [-0.1, -0.05) is 54.4 Å². The second-order valence-electron chi connectivity index (χ2n) is 5.82. The van der Waals surface area contributed by atoms with E-state index < -0.39 is 0 Å². The summed E-state index contributed by atoms with van der Waals surface area (Å²) in [6.07, 6.45) is 10.6. The summed E-state index contributed by atoms with van der Waals surface area (Å²) < 4.78 is 1.92. The van der Waals surface area contributed by atoms with Gasteiger partial charge in [0.05, 0.1) is 11.2 Å². The molecule has 0 spiro atoms. The number of rotatable bonds is 6. The highest BCUT2D eigenvalue weighted by Crippen LogP contribution is 2.24. The molecule has 3 nitrogen and oxygen atoms in total. The van der Waals surface area contributed by atoms with Crippen LogP contribution in [0.1, 0.15) is 31.2 Å². The number of aryl methyl sites for hydroxylation is 1. The molecule has 0 bridgehead atoms. The van der Waals surface area contributed by atoms with Crippen LogP contribution in [0.3, 0.4) is 0 Å². The van der Waals surface area contributed by atoms with E-state index in [9.17, 15) is 0 Å². The van der Waals surface area contributed by atoms with Gasteiger partial charge in [0.1, 0.15) is 0 Å². The number of hydrogen-bond acceptors (Lipinski definition) is 2. The van der Waals surface area contributed by atoms with Crippen LogP contribution in [0.4, 0.5) is 0 Å². The van der Waals surface area contributed by atoms with Gasteiger partial charge in [0.2, 0.25) is 0 Å². The standard InChI is InChI=1S/C18H22ClN3/c19-17-13-21-22(14-17)11-5-4-8-18-12-16(9-10-20-18)15-6-2-1-3-7-15/h1-3,6-7,9,13-14,18,20H,4-5,8,10-12H2. The summed E-state index contributed by atoms with van der Waals surface area (Å²) in [6.45, 7) is 1.92. The van der Waals surface area contributed by atoms with Crippen molar-refractivity contribution >= 4 is 17.2 Å². The third kappa shape index (κ3) is 4.21. The first-order valence-electron chi connectivity index (χ1n) is 7.97. The minimum Gasteiger partial charge on any atom is -0.310 e. The molecule has 2 heterocycles. The first-order valence-corrected chi connectivity index (χ1v) is 8.35. The van der Waals surface area contributed by atoms with Crippen LogP contribution >= 0.6 is 11.6 Å². The largest absolute Gasteiger partial charge is 0.310 e. The van der Waals surface area contributed by atoms with Crippen LogP contribution in [-0.2, 0) is 6.54 Å². The molecular formula is C18H22ClN3. The lowest BCUT2D eigenvalue weighted by Gasteiger charge is -2.24. The van der Waals surface area contributed by atoms with Gasteiger partial charge < -0.3 is 5.32 Å². The highest BCUT2D eigenvalue weighted by atomic mass is 35.5. The highest BCUT2D eigenvalue weighted by Gasteiger charge is 2.15. The number of aromatic nitrogens is 2. The number of halogens is 1. The van der Waals surface area contributed by atoms with Crippen molar-refractivity contribution in [2.75, 3.05) is 6.54 Å². The lowest BCUT2D eigenvalue weighted by molar-refractivity contribution is 0.456. The van der Waals surface area contributed by atoms with Gasteiger partial charge in [0.15, 0.2) is 0 Å². The van der Waals surface area contributed by atoms with Gasteiger partial charge in [0, 0.05) is 25.3 Å². The molecule has 3 rings (SSSR count). The second kappa shape index (κ2) is 7.61. The number of nitrogens with zero attached hydrogens (tertiary/aromatic N) is 2. The molecule has 22 heavy (non-hydrogen) atoms. The first kappa shape index (κ1) is 15.3. The molecule has 1 atom stereocenters. The molecule has 0 amide bonds. The smallest absolute Gasteiger partial charge is 0.0785 e. The Labute approximate surface area is 137 Å². The van der Waals surface area contributed by atoms with E-state index in [1.165, 1.54) is 24.0 Å². The third-order valence-electron chi connectivity index (χ3n) is 4.16. The van der Waals surface area contributed by atoms with E-state index in [1.54, 1.807) is 6.20 Å². The molecule has 1 N–H and O–H groups in total. The molecule has 116 valence electrons. The van der Waals surface area contributed by atoms with Gasteiger partial charge in [-0.25, -0.2) is 0 Å². The van der Waals surface area contributed by atoms with Crippen LogP contribution in [0.5, 0.6) is 0 Å². The van der Waals surface area contributed by atoms with E-state index in [1.807, 2.05) is 10.9 Å². The maximum absolute atomic E-state index is 5.87. The summed E-state index contributed by atoms with van der Waals surface area (Å²) in [5.41, 5.74) is 2.84. The third-order valence-corrected chi connectivity index (χ3v) is 4.35. The number of hydrogen-bond donors (Lipinski definition) is 1. The van der Waals surface area contributed by atoms with Crippen molar-refractivity contribution in [1.29, 1.82) is 0 Å². The van der Waals surface area contributed by atoms with Gasteiger partial charge in [0.25, 0.3) is 0 Å². The van der Waals surface area contributed by atoms with Gasteiger partial charge >= 0.3 is 0 Å². The normalized spacial score (nSPS) is 18.2. The highest BCUT2D eigenvalue weighted by molar-refractivity contribution is 6.30. The van der Waals surface area contributed by atoms with E-state index in [2.05, 4.69) is 46.8 Å². The summed E-state index contributed by atoms with van der Waals surface area (Å²) >= 11 is 5.87. The van der Waals surface area contributed by atoms with Crippen LogP contribution < -0.4 is 5.32 Å². The molecular weight excluding hydrogens is 294 g/mol. The van der Waals surface area contributed by atoms with Crippen LogP contribution in [0.25, 0.3) is 5.57 Å². The number of unbranched alkanes of at least 4 members (excludes halogenated alkanes) is 1. The van der Waals surface area contributed by atoms with Crippen LogP contribution in [0.2, 0.25) is 5.02 Å². The van der Waals surface area contributed by atoms with Crippen molar-refractivity contribution < 1.29 is 0 Å². The van der Waals surface area contributed by atoms with Gasteiger partial charge in [-0.05, 0) is 30.4 Å². The average molecular weight is 316 g/mol. The zero-order valence-electron chi connectivity index (χ0n) is 12.7. The number of benzene rings is 1. The summed E-state index contributed by atoms with van der Waals surface area (Å²) in [5, 5.41) is 8.53. The minimum absolute atomic E-state index is 0.585. The fourth-order valence-corrected chi connectivity index (χ4v) is 3.14. The topological polar surface area (TPSA) is 29.9 Å². The van der Waals surface area contributed by atoms with Crippen molar-refractivity contribution in [2.45, 2.75) is 38.3 Å². The molecule has 1 aromatic carbocycles. The van der Waals surface area contributed by atoms with Gasteiger partial charge in [-0.15, -0.1) is 0 Å². The van der Waals surface area contributed by atoms with Gasteiger partial charge in [-0.2, -0.15) is 5.10 Å². The Morgan fingerprint density at radius 2 is 2.09 bits per heavy atom. The van der Waals surface area contributed by atoms with Crippen molar-refractivity contribution in [3.63, 3.8) is 0 Å². The van der Waals surface area contributed by atoms with E-state index in [4.69, 9.17) is 11.6 Å². The molecule has 1 aliphatic heterocycles. The Balaban J connectivity index is 1.43. The Kier molecular flexibility index (Phi) is 5.30. The lowest BCUT2D eigenvalue weighted by atomic mass is 9.93. The average Bonchev–Trinajstić information content (AvgIpc) is 2.98. The predicted octanol–water partition coefficient (Wildman–Crippen LogP) is 4.15. The molecule has 0 fully saturated rings. The quantitative estimate of drug-likeness (QED) is 0.811. The molecule has 2 aromatic rings. The maximum atomic E-state index is 5.87. The molecule has 1 aromatic heterocycles. The van der Waals surface area contributed by atoms with Crippen LogP contribution in [0.15, 0.2) is 48.8 Å². The fourth-order valence-electron chi connectivity index (χ4n) is 2.99. The van der Waals surface area contributed by atoms with E-state index in [0.29, 0.717) is 11.1 Å².